The van der Waals surface area contributed by atoms with Gasteiger partial charge in [-0.3, -0.25) is 14.6 Å². The molecule has 5 N–H and O–H groups in total. The van der Waals surface area contributed by atoms with Crippen LogP contribution in [-0.2, 0) is 11.2 Å². The maximum Gasteiger partial charge on any atom is 0.404 e. The molecule has 0 bridgehead atoms. The van der Waals surface area contributed by atoms with Gasteiger partial charge in [-0.25, -0.2) is 4.79 Å². The van der Waals surface area contributed by atoms with Crippen LogP contribution in [0.1, 0.15) is 36.3 Å². The molecular formula is C20H23ClN4O5. The Balaban J connectivity index is 1.99. The zero-order valence-corrected chi connectivity index (χ0v) is 17.3. The number of pyridine rings is 1. The summed E-state index contributed by atoms with van der Waals surface area (Å²) >= 11 is 5.89. The summed E-state index contributed by atoms with van der Waals surface area (Å²) in [5.74, 6) is -0.895. The molecule has 1 aromatic carbocycles. The number of rotatable bonds is 8. The lowest BCUT2D eigenvalue weighted by molar-refractivity contribution is -0.115. The number of aromatic hydroxyl groups is 1. The molecule has 1 heterocycles. The second-order valence-electron chi connectivity index (χ2n) is 7.25. The van der Waals surface area contributed by atoms with E-state index in [1.165, 1.54) is 36.5 Å². The predicted octanol–water partition coefficient (Wildman–Crippen LogP) is 2.79. The van der Waals surface area contributed by atoms with Crippen LogP contribution < -0.4 is 16.0 Å². The van der Waals surface area contributed by atoms with Gasteiger partial charge in [0.2, 0.25) is 5.91 Å². The molecule has 0 unspecified atom stereocenters. The summed E-state index contributed by atoms with van der Waals surface area (Å²) in [5.41, 5.74) is 0.165. The van der Waals surface area contributed by atoms with Crippen molar-refractivity contribution in [2.45, 2.75) is 32.2 Å². The first kappa shape index (κ1) is 23.0. The van der Waals surface area contributed by atoms with Gasteiger partial charge in [0.25, 0.3) is 5.91 Å². The smallest absolute Gasteiger partial charge is 0.404 e. The van der Waals surface area contributed by atoms with Gasteiger partial charge in [0.1, 0.15) is 11.4 Å². The van der Waals surface area contributed by atoms with Crippen molar-refractivity contribution in [1.29, 1.82) is 0 Å². The number of nitrogens with zero attached hydrogens (tertiary/aromatic N) is 1. The summed E-state index contributed by atoms with van der Waals surface area (Å²) in [4.78, 5) is 39.3. The quantitative estimate of drug-likeness (QED) is 0.432. The molecule has 0 saturated heterocycles. The normalized spacial score (nSPS) is 10.9. The fourth-order valence-electron chi connectivity index (χ4n) is 2.62. The number of hydrogen-bond donors (Lipinski definition) is 5. The first-order valence-electron chi connectivity index (χ1n) is 9.08. The Kier molecular flexibility index (Phi) is 7.60. The van der Waals surface area contributed by atoms with E-state index >= 15 is 0 Å². The lowest BCUT2D eigenvalue weighted by Crippen LogP contribution is -2.45. The minimum absolute atomic E-state index is 0.0380. The molecular weight excluding hydrogens is 412 g/mol. The number of benzene rings is 1. The Morgan fingerprint density at radius 1 is 1.17 bits per heavy atom. The Hall–Kier alpha value is -3.33. The van der Waals surface area contributed by atoms with Crippen molar-refractivity contribution >= 4 is 35.2 Å². The number of hydrogen-bond acceptors (Lipinski definition) is 5. The summed E-state index contributed by atoms with van der Waals surface area (Å²) in [5, 5.41) is 26.5. The number of anilines is 1. The number of phenols is 1. The number of carbonyl (C=O) groups is 3. The third-order valence-corrected chi connectivity index (χ3v) is 4.38. The standard InChI is InChI=1S/C20H23ClN4O5/c1-20(2,6-8-23-19(29)30)25-18(28)15-11-14(5-7-22-15)24-17(27)10-12-9-13(21)3-4-16(12)26/h3-5,7,9,11,23,26H,6,8,10H2,1-2H3,(H,25,28)(H,29,30)(H,22,24,27). The van der Waals surface area contributed by atoms with Gasteiger partial charge in [0, 0.05) is 34.6 Å². The minimum Gasteiger partial charge on any atom is -0.508 e. The van der Waals surface area contributed by atoms with Crippen LogP contribution in [0.15, 0.2) is 36.5 Å². The van der Waals surface area contributed by atoms with Crippen LogP contribution in [0.4, 0.5) is 10.5 Å². The highest BCUT2D eigenvalue weighted by Gasteiger charge is 2.22. The molecule has 2 aromatic rings. The summed E-state index contributed by atoms with van der Waals surface area (Å²) in [6.07, 6.45) is 0.540. The van der Waals surface area contributed by atoms with Gasteiger partial charge in [0.15, 0.2) is 0 Å². The van der Waals surface area contributed by atoms with Gasteiger partial charge >= 0.3 is 6.09 Å². The zero-order valence-electron chi connectivity index (χ0n) is 16.5. The first-order chi connectivity index (χ1) is 14.1. The molecule has 0 atom stereocenters. The van der Waals surface area contributed by atoms with Crippen LogP contribution >= 0.6 is 11.6 Å². The number of halogens is 1. The van der Waals surface area contributed by atoms with Gasteiger partial charge in [0.05, 0.1) is 6.42 Å². The number of nitrogens with one attached hydrogen (secondary N) is 3. The molecule has 1 aromatic heterocycles. The third kappa shape index (κ3) is 7.25. The average Bonchev–Trinajstić information content (AvgIpc) is 2.64. The molecule has 9 nitrogen and oxygen atoms in total. The molecule has 0 aliphatic heterocycles. The van der Waals surface area contributed by atoms with Crippen LogP contribution in [0.25, 0.3) is 0 Å². The number of carbonyl (C=O) groups excluding carboxylic acids is 2. The molecule has 30 heavy (non-hydrogen) atoms. The Bertz CT molecular complexity index is 949. The van der Waals surface area contributed by atoms with Gasteiger partial charge in [-0.1, -0.05) is 11.6 Å². The summed E-state index contributed by atoms with van der Waals surface area (Å²) in [6.45, 7) is 3.71. The van der Waals surface area contributed by atoms with E-state index < -0.39 is 23.4 Å². The highest BCUT2D eigenvalue weighted by molar-refractivity contribution is 6.30. The van der Waals surface area contributed by atoms with E-state index in [9.17, 15) is 19.5 Å². The second kappa shape index (κ2) is 9.93. The van der Waals surface area contributed by atoms with Gasteiger partial charge in [-0.15, -0.1) is 0 Å². The first-order valence-corrected chi connectivity index (χ1v) is 9.46. The maximum absolute atomic E-state index is 12.5. The topological polar surface area (TPSA) is 141 Å². The zero-order chi connectivity index (χ0) is 22.3. The molecule has 0 aliphatic carbocycles. The van der Waals surface area contributed by atoms with E-state index in [4.69, 9.17) is 16.7 Å². The van der Waals surface area contributed by atoms with Gasteiger partial charge < -0.3 is 26.2 Å². The van der Waals surface area contributed by atoms with Crippen LogP contribution in [0.2, 0.25) is 5.02 Å². The van der Waals surface area contributed by atoms with Crippen LogP contribution in [0.3, 0.4) is 0 Å². The Morgan fingerprint density at radius 3 is 2.60 bits per heavy atom. The summed E-state index contributed by atoms with van der Waals surface area (Å²) in [6, 6.07) is 7.40. The number of carboxylic acid groups (broad SMARTS) is 1. The monoisotopic (exact) mass is 434 g/mol. The maximum atomic E-state index is 12.5. The highest BCUT2D eigenvalue weighted by atomic mass is 35.5. The van der Waals surface area contributed by atoms with E-state index in [1.54, 1.807) is 13.8 Å². The largest absolute Gasteiger partial charge is 0.508 e. The molecule has 0 saturated carbocycles. The van der Waals surface area contributed by atoms with Crippen molar-refractivity contribution in [2.75, 3.05) is 11.9 Å². The van der Waals surface area contributed by atoms with Crippen molar-refractivity contribution in [1.82, 2.24) is 15.6 Å². The van der Waals surface area contributed by atoms with E-state index in [-0.39, 0.29) is 24.4 Å². The third-order valence-electron chi connectivity index (χ3n) is 4.15. The summed E-state index contributed by atoms with van der Waals surface area (Å²) in [7, 11) is 0. The number of amides is 3. The molecule has 2 rings (SSSR count). The van der Waals surface area contributed by atoms with Crippen molar-refractivity contribution in [3.05, 3.63) is 52.8 Å². The highest BCUT2D eigenvalue weighted by Crippen LogP contribution is 2.22. The Morgan fingerprint density at radius 2 is 1.90 bits per heavy atom. The molecule has 0 radical (unpaired) electrons. The fourth-order valence-corrected chi connectivity index (χ4v) is 2.82. The number of aromatic nitrogens is 1. The van der Waals surface area contributed by atoms with Crippen molar-refractivity contribution in [3.63, 3.8) is 0 Å². The van der Waals surface area contributed by atoms with Crippen molar-refractivity contribution in [2.24, 2.45) is 0 Å². The van der Waals surface area contributed by atoms with Crippen LogP contribution in [0.5, 0.6) is 5.75 Å². The molecule has 0 fully saturated rings. The van der Waals surface area contributed by atoms with E-state index in [0.29, 0.717) is 22.7 Å². The van der Waals surface area contributed by atoms with E-state index in [1.807, 2.05) is 0 Å². The number of phenolic OH excluding ortho intramolecular Hbond substituents is 1. The van der Waals surface area contributed by atoms with Crippen molar-refractivity contribution < 1.29 is 24.6 Å². The average molecular weight is 435 g/mol. The van der Waals surface area contributed by atoms with Gasteiger partial charge in [-0.05, 0) is 50.6 Å². The lowest BCUT2D eigenvalue weighted by Gasteiger charge is -2.26. The predicted molar refractivity (Wildman–Crippen MR) is 112 cm³/mol. The molecule has 160 valence electrons. The van der Waals surface area contributed by atoms with E-state index in [0.717, 1.165) is 0 Å². The van der Waals surface area contributed by atoms with E-state index in [2.05, 4.69) is 20.9 Å². The molecule has 3 amide bonds. The minimum atomic E-state index is -1.13. The molecule has 10 heteroatoms. The SMILES string of the molecule is CC(C)(CCNC(=O)O)NC(=O)c1cc(NC(=O)Cc2cc(Cl)ccc2O)ccn1. The van der Waals surface area contributed by atoms with Crippen molar-refractivity contribution in [3.8, 4) is 5.75 Å². The van der Waals surface area contributed by atoms with Crippen LogP contribution in [-0.4, -0.2) is 45.2 Å². The molecule has 0 aliphatic rings. The van der Waals surface area contributed by atoms with Gasteiger partial charge in [-0.2, -0.15) is 0 Å². The second-order valence-corrected chi connectivity index (χ2v) is 7.68. The fraction of sp³-hybridized carbons (Fsp3) is 0.300. The summed E-state index contributed by atoms with van der Waals surface area (Å²) < 4.78 is 0. The van der Waals surface area contributed by atoms with Crippen LogP contribution in [0, 0.1) is 0 Å². The Labute approximate surface area is 178 Å². The molecule has 0 spiro atoms. The lowest BCUT2D eigenvalue weighted by atomic mass is 10.0.